The summed E-state index contributed by atoms with van der Waals surface area (Å²) in [6.45, 7) is 0.645. The van der Waals surface area contributed by atoms with Gasteiger partial charge in [-0.3, -0.25) is 0 Å². The van der Waals surface area contributed by atoms with Crippen molar-refractivity contribution < 1.29 is 4.42 Å². The Bertz CT molecular complexity index is 281. The number of oxazole rings is 1. The van der Waals surface area contributed by atoms with E-state index in [1.807, 2.05) is 11.8 Å². The predicted octanol–water partition coefficient (Wildman–Crippen LogP) is 1.79. The fourth-order valence-corrected chi connectivity index (χ4v) is 2.82. The Balaban J connectivity index is 2.00. The van der Waals surface area contributed by atoms with E-state index in [-0.39, 0.29) is 0 Å². The molecule has 2 N–H and O–H groups in total. The zero-order valence-electron chi connectivity index (χ0n) is 8.24. The second-order valence-corrected chi connectivity index (χ2v) is 4.83. The number of nitrogens with zero attached hydrogens (tertiary/aromatic N) is 1. The second-order valence-electron chi connectivity index (χ2n) is 3.60. The van der Waals surface area contributed by atoms with Crippen LogP contribution in [0.5, 0.6) is 0 Å². The van der Waals surface area contributed by atoms with Gasteiger partial charge in [-0.25, -0.2) is 4.98 Å². The number of nitrogens with two attached hydrogens (primary N) is 1. The van der Waals surface area contributed by atoms with E-state index in [1.165, 1.54) is 24.3 Å². The summed E-state index contributed by atoms with van der Waals surface area (Å²) < 4.78 is 5.48. The molecule has 0 radical (unpaired) electrons. The molecule has 1 aliphatic rings. The van der Waals surface area contributed by atoms with Crippen LogP contribution in [-0.4, -0.2) is 23.0 Å². The van der Waals surface area contributed by atoms with Gasteiger partial charge in [0.25, 0.3) is 0 Å². The molecule has 14 heavy (non-hydrogen) atoms. The van der Waals surface area contributed by atoms with Crippen LogP contribution in [-0.2, 0) is 6.42 Å². The van der Waals surface area contributed by atoms with E-state index in [4.69, 9.17) is 10.2 Å². The molecule has 1 aliphatic heterocycles. The molecule has 1 fully saturated rings. The molecule has 78 valence electrons. The topological polar surface area (TPSA) is 52.0 Å². The van der Waals surface area contributed by atoms with Crippen LogP contribution < -0.4 is 5.73 Å². The van der Waals surface area contributed by atoms with Crippen LogP contribution in [0.4, 0.5) is 0 Å². The summed E-state index contributed by atoms with van der Waals surface area (Å²) in [7, 11) is 0. The van der Waals surface area contributed by atoms with E-state index in [0.717, 1.165) is 18.0 Å². The first-order chi connectivity index (χ1) is 6.90. The van der Waals surface area contributed by atoms with Gasteiger partial charge in [0.2, 0.25) is 0 Å². The zero-order valence-corrected chi connectivity index (χ0v) is 9.05. The Kier molecular flexibility index (Phi) is 3.48. The molecule has 0 aromatic carbocycles. The molecule has 1 aromatic rings. The summed E-state index contributed by atoms with van der Waals surface area (Å²) in [5.41, 5.74) is 6.46. The maximum atomic E-state index is 5.48. The highest BCUT2D eigenvalue weighted by Crippen LogP contribution is 2.30. The summed E-state index contributed by atoms with van der Waals surface area (Å²) in [4.78, 5) is 4.47. The van der Waals surface area contributed by atoms with Crippen LogP contribution in [0.25, 0.3) is 0 Å². The Morgan fingerprint density at radius 2 is 2.29 bits per heavy atom. The largest absolute Gasteiger partial charge is 0.448 e. The predicted molar refractivity (Wildman–Crippen MR) is 58.6 cm³/mol. The SMILES string of the molecule is NCCc1coc(C2CCSCC2)n1. The van der Waals surface area contributed by atoms with Gasteiger partial charge in [-0.2, -0.15) is 11.8 Å². The highest BCUT2D eigenvalue weighted by atomic mass is 32.2. The molecule has 4 heteroatoms. The monoisotopic (exact) mass is 212 g/mol. The van der Waals surface area contributed by atoms with Crippen molar-refractivity contribution in [1.82, 2.24) is 4.98 Å². The fourth-order valence-electron chi connectivity index (χ4n) is 1.72. The van der Waals surface area contributed by atoms with Crippen molar-refractivity contribution in [2.45, 2.75) is 25.2 Å². The lowest BCUT2D eigenvalue weighted by molar-refractivity contribution is 0.430. The summed E-state index contributed by atoms with van der Waals surface area (Å²) in [6, 6.07) is 0. The molecule has 0 aliphatic carbocycles. The van der Waals surface area contributed by atoms with Crippen molar-refractivity contribution in [3.05, 3.63) is 17.8 Å². The highest BCUT2D eigenvalue weighted by Gasteiger charge is 2.20. The number of rotatable bonds is 3. The molecular formula is C10H16N2OS. The van der Waals surface area contributed by atoms with Gasteiger partial charge in [0.05, 0.1) is 5.69 Å². The Morgan fingerprint density at radius 3 is 3.00 bits per heavy atom. The van der Waals surface area contributed by atoms with Crippen molar-refractivity contribution in [3.63, 3.8) is 0 Å². The van der Waals surface area contributed by atoms with E-state index in [1.54, 1.807) is 6.26 Å². The summed E-state index contributed by atoms with van der Waals surface area (Å²) in [5, 5.41) is 0. The van der Waals surface area contributed by atoms with E-state index in [2.05, 4.69) is 4.98 Å². The number of thioether (sulfide) groups is 1. The maximum Gasteiger partial charge on any atom is 0.197 e. The molecule has 0 saturated carbocycles. The van der Waals surface area contributed by atoms with Crippen molar-refractivity contribution in [1.29, 1.82) is 0 Å². The lowest BCUT2D eigenvalue weighted by Crippen LogP contribution is -2.08. The average molecular weight is 212 g/mol. The molecule has 1 saturated heterocycles. The van der Waals surface area contributed by atoms with E-state index in [9.17, 15) is 0 Å². The first-order valence-corrected chi connectivity index (χ1v) is 6.27. The van der Waals surface area contributed by atoms with Crippen LogP contribution in [0.15, 0.2) is 10.7 Å². The third-order valence-electron chi connectivity index (χ3n) is 2.54. The first-order valence-electron chi connectivity index (χ1n) is 5.12. The Labute approximate surface area is 88.5 Å². The molecule has 2 rings (SSSR count). The van der Waals surface area contributed by atoms with Crippen molar-refractivity contribution in [3.8, 4) is 0 Å². The molecule has 0 bridgehead atoms. The molecule has 2 heterocycles. The lowest BCUT2D eigenvalue weighted by Gasteiger charge is -2.17. The number of hydrogen-bond donors (Lipinski definition) is 1. The van der Waals surface area contributed by atoms with E-state index in [0.29, 0.717) is 12.5 Å². The van der Waals surface area contributed by atoms with Gasteiger partial charge in [-0.1, -0.05) is 0 Å². The molecule has 0 atom stereocenters. The number of aromatic nitrogens is 1. The summed E-state index contributed by atoms with van der Waals surface area (Å²) >= 11 is 2.02. The van der Waals surface area contributed by atoms with Crippen LogP contribution in [0.2, 0.25) is 0 Å². The minimum atomic E-state index is 0.544. The van der Waals surface area contributed by atoms with Crippen LogP contribution in [0.3, 0.4) is 0 Å². The second kappa shape index (κ2) is 4.84. The molecular weight excluding hydrogens is 196 g/mol. The Morgan fingerprint density at radius 1 is 1.50 bits per heavy atom. The van der Waals surface area contributed by atoms with Crippen LogP contribution in [0.1, 0.15) is 30.3 Å². The van der Waals surface area contributed by atoms with Gasteiger partial charge in [-0.05, 0) is 30.9 Å². The summed E-state index contributed by atoms with van der Waals surface area (Å²) in [6.07, 6.45) is 4.98. The molecule has 0 spiro atoms. The Hall–Kier alpha value is -0.480. The lowest BCUT2D eigenvalue weighted by atomic mass is 10.0. The van der Waals surface area contributed by atoms with Gasteiger partial charge in [0, 0.05) is 12.3 Å². The quantitative estimate of drug-likeness (QED) is 0.830. The van der Waals surface area contributed by atoms with Gasteiger partial charge in [0.1, 0.15) is 6.26 Å². The molecule has 0 unspecified atom stereocenters. The maximum absolute atomic E-state index is 5.48. The summed E-state index contributed by atoms with van der Waals surface area (Å²) in [5.74, 6) is 3.94. The van der Waals surface area contributed by atoms with Crippen LogP contribution >= 0.6 is 11.8 Å². The van der Waals surface area contributed by atoms with Crippen molar-refractivity contribution in [2.24, 2.45) is 5.73 Å². The smallest absolute Gasteiger partial charge is 0.197 e. The third kappa shape index (κ3) is 2.30. The van der Waals surface area contributed by atoms with Crippen molar-refractivity contribution >= 4 is 11.8 Å². The minimum absolute atomic E-state index is 0.544. The van der Waals surface area contributed by atoms with E-state index < -0.39 is 0 Å². The van der Waals surface area contributed by atoms with Crippen molar-refractivity contribution in [2.75, 3.05) is 18.1 Å². The van der Waals surface area contributed by atoms with Gasteiger partial charge in [-0.15, -0.1) is 0 Å². The molecule has 3 nitrogen and oxygen atoms in total. The van der Waals surface area contributed by atoms with Gasteiger partial charge >= 0.3 is 0 Å². The standard InChI is InChI=1S/C10H16N2OS/c11-4-1-9-7-13-10(12-9)8-2-5-14-6-3-8/h7-8H,1-6,11H2. The molecule has 0 amide bonds. The fraction of sp³-hybridized carbons (Fsp3) is 0.700. The number of hydrogen-bond acceptors (Lipinski definition) is 4. The minimum Gasteiger partial charge on any atom is -0.448 e. The zero-order chi connectivity index (χ0) is 9.80. The normalized spacial score (nSPS) is 18.6. The van der Waals surface area contributed by atoms with Gasteiger partial charge in [0.15, 0.2) is 5.89 Å². The first kappa shape index (κ1) is 10.1. The van der Waals surface area contributed by atoms with Gasteiger partial charge < -0.3 is 10.2 Å². The third-order valence-corrected chi connectivity index (χ3v) is 3.59. The van der Waals surface area contributed by atoms with E-state index >= 15 is 0 Å². The highest BCUT2D eigenvalue weighted by molar-refractivity contribution is 7.99. The average Bonchev–Trinajstić information content (AvgIpc) is 2.68. The van der Waals surface area contributed by atoms with Crippen LogP contribution in [0, 0.1) is 0 Å². The molecule has 1 aromatic heterocycles.